The van der Waals surface area contributed by atoms with Gasteiger partial charge in [0.15, 0.2) is 0 Å². The van der Waals surface area contributed by atoms with Crippen molar-refractivity contribution in [2.45, 2.75) is 207 Å². The summed E-state index contributed by atoms with van der Waals surface area (Å²) in [6.45, 7) is 48.9. The predicted molar refractivity (Wildman–Crippen MR) is 284 cm³/mol. The van der Waals surface area contributed by atoms with Crippen LogP contribution in [-0.2, 0) is 43.3 Å². The fourth-order valence-electron chi connectivity index (χ4n) is 14.2. The molecule has 0 saturated heterocycles. The molecule has 0 bridgehead atoms. The van der Waals surface area contributed by atoms with E-state index in [1.165, 1.54) is 119 Å². The molecule has 0 atom stereocenters. The number of benzene rings is 5. The van der Waals surface area contributed by atoms with E-state index in [1.807, 2.05) is 0 Å². The SMILES string of the molecule is Cc1cc2c(cc1N1c3cc(C(C)(C)C)ccc3B3c4cc5c(cc4N(c4cc6c(cc4C)C(C)(C)CC6(C)C)c4cc(C(C)(C)C)cc1c43)C(C)(C)CCC5(C)C)C(C)(C)CC2(C)C. The lowest BCUT2D eigenvalue weighted by Crippen LogP contribution is -2.62. The van der Waals surface area contributed by atoms with Gasteiger partial charge in [0.05, 0.1) is 0 Å². The van der Waals surface area contributed by atoms with Gasteiger partial charge in [-0.1, -0.05) is 155 Å². The smallest absolute Gasteiger partial charge is 0.252 e. The molecule has 5 aromatic carbocycles. The Morgan fingerprint density at radius 1 is 0.385 bits per heavy atom. The van der Waals surface area contributed by atoms with Gasteiger partial charge in [-0.2, -0.15) is 0 Å². The fourth-order valence-corrected chi connectivity index (χ4v) is 14.2. The standard InChI is InChI=1S/C62H79BN2/c1-36-25-40-44(61(17,18)34-59(40,13)14)31-48(36)64-50-27-38(55(3,4)5)21-22-46(50)63-47-30-42-43(58(11,12)24-23-57(42,9)10)33-51(47)65(53-29-39(56(6,7)8)28-52(64)54(53)63)49-32-45-41(26-37(49)2)60(15,16)35-62(45,19)20/h21-22,25-33H,23-24,34-35H2,1-20H3. The molecule has 0 N–H and O–H groups in total. The van der Waals surface area contributed by atoms with Crippen LogP contribution in [0.15, 0.2) is 66.7 Å². The normalized spacial score (nSPS) is 21.0. The molecular weight excluding hydrogens is 784 g/mol. The van der Waals surface area contributed by atoms with Gasteiger partial charge < -0.3 is 9.80 Å². The Bertz CT molecular complexity index is 2860. The zero-order valence-electron chi connectivity index (χ0n) is 44.2. The summed E-state index contributed by atoms with van der Waals surface area (Å²) < 4.78 is 0. The van der Waals surface area contributed by atoms with Crippen molar-refractivity contribution in [2.24, 2.45) is 0 Å². The summed E-state index contributed by atoms with van der Waals surface area (Å²) in [6.07, 6.45) is 4.68. The van der Waals surface area contributed by atoms with Crippen LogP contribution < -0.4 is 26.2 Å². The van der Waals surface area contributed by atoms with Crippen LogP contribution in [0.1, 0.15) is 206 Å². The zero-order valence-corrected chi connectivity index (χ0v) is 44.2. The summed E-state index contributed by atoms with van der Waals surface area (Å²) in [4.78, 5) is 5.50. The van der Waals surface area contributed by atoms with Crippen molar-refractivity contribution in [3.05, 3.63) is 122 Å². The Kier molecular flexibility index (Phi) is 9.10. The molecule has 3 aliphatic carbocycles. The van der Waals surface area contributed by atoms with E-state index in [-0.39, 0.29) is 50.0 Å². The number of rotatable bonds is 2. The molecule has 0 aromatic heterocycles. The van der Waals surface area contributed by atoms with E-state index in [0.717, 1.165) is 12.8 Å². The van der Waals surface area contributed by atoms with E-state index < -0.39 is 0 Å². The van der Waals surface area contributed by atoms with Crippen molar-refractivity contribution in [3.63, 3.8) is 0 Å². The second-order valence-electron chi connectivity index (χ2n) is 27.8. The third-order valence-corrected chi connectivity index (χ3v) is 17.6. The van der Waals surface area contributed by atoms with Crippen LogP contribution in [0.5, 0.6) is 0 Å². The van der Waals surface area contributed by atoms with E-state index in [9.17, 15) is 0 Å². The molecule has 3 heteroatoms. The molecule has 340 valence electrons. The summed E-state index contributed by atoms with van der Waals surface area (Å²) in [7, 11) is 0. The lowest BCUT2D eigenvalue weighted by atomic mass is 9.33. The highest BCUT2D eigenvalue weighted by atomic mass is 15.2. The van der Waals surface area contributed by atoms with Crippen LogP contribution in [0.2, 0.25) is 0 Å². The first-order valence-corrected chi connectivity index (χ1v) is 25.2. The summed E-state index contributed by atoms with van der Waals surface area (Å²) >= 11 is 0. The molecular formula is C62H79BN2. The minimum Gasteiger partial charge on any atom is -0.311 e. The Morgan fingerprint density at radius 2 is 0.738 bits per heavy atom. The van der Waals surface area contributed by atoms with Gasteiger partial charge in [-0.3, -0.25) is 0 Å². The molecule has 2 heterocycles. The van der Waals surface area contributed by atoms with Crippen LogP contribution in [0, 0.1) is 13.8 Å². The highest BCUT2D eigenvalue weighted by Gasteiger charge is 2.50. The maximum atomic E-state index is 2.77. The Morgan fingerprint density at radius 3 is 1.17 bits per heavy atom. The van der Waals surface area contributed by atoms with Gasteiger partial charge in [-0.15, -0.1) is 0 Å². The van der Waals surface area contributed by atoms with Crippen LogP contribution in [0.4, 0.5) is 34.1 Å². The first kappa shape index (κ1) is 44.6. The average Bonchev–Trinajstić information content (AvgIpc) is 3.47. The molecule has 0 saturated carbocycles. The molecule has 5 aromatic rings. The average molecular weight is 863 g/mol. The number of anilines is 6. The second-order valence-corrected chi connectivity index (χ2v) is 27.8. The van der Waals surface area contributed by atoms with E-state index >= 15 is 0 Å². The van der Waals surface area contributed by atoms with Crippen molar-refractivity contribution in [1.29, 1.82) is 0 Å². The molecule has 10 rings (SSSR count). The fraction of sp³-hybridized carbons (Fsp3) is 0.516. The summed E-state index contributed by atoms with van der Waals surface area (Å²) in [5.74, 6) is 0. The molecule has 0 radical (unpaired) electrons. The van der Waals surface area contributed by atoms with Crippen LogP contribution in [-0.4, -0.2) is 6.71 Å². The molecule has 2 aliphatic heterocycles. The number of hydrogen-bond acceptors (Lipinski definition) is 2. The number of nitrogens with zero attached hydrogens (tertiary/aromatic N) is 2. The maximum Gasteiger partial charge on any atom is 0.252 e. The van der Waals surface area contributed by atoms with E-state index in [2.05, 4.69) is 215 Å². The van der Waals surface area contributed by atoms with E-state index in [1.54, 1.807) is 0 Å². The van der Waals surface area contributed by atoms with Crippen molar-refractivity contribution < 1.29 is 0 Å². The van der Waals surface area contributed by atoms with E-state index in [4.69, 9.17) is 0 Å². The minimum atomic E-state index is -0.0912. The maximum absolute atomic E-state index is 2.77. The van der Waals surface area contributed by atoms with Crippen molar-refractivity contribution >= 4 is 57.2 Å². The third-order valence-electron chi connectivity index (χ3n) is 17.6. The summed E-state index contributed by atoms with van der Waals surface area (Å²) in [5, 5.41) is 0. The van der Waals surface area contributed by atoms with Gasteiger partial charge in [0.25, 0.3) is 6.71 Å². The van der Waals surface area contributed by atoms with Crippen LogP contribution in [0.25, 0.3) is 0 Å². The highest BCUT2D eigenvalue weighted by Crippen LogP contribution is 2.57. The summed E-state index contributed by atoms with van der Waals surface area (Å²) in [5.41, 5.74) is 27.3. The predicted octanol–water partition coefficient (Wildman–Crippen LogP) is 15.2. The Balaban J connectivity index is 1.38. The molecule has 5 aliphatic rings. The topological polar surface area (TPSA) is 6.48 Å². The lowest BCUT2D eigenvalue weighted by molar-refractivity contribution is 0.332. The molecule has 0 fully saturated rings. The van der Waals surface area contributed by atoms with Crippen LogP contribution >= 0.6 is 0 Å². The number of fused-ring (bicyclic) bond motifs is 7. The van der Waals surface area contributed by atoms with Gasteiger partial charge in [0.1, 0.15) is 0 Å². The molecule has 65 heavy (non-hydrogen) atoms. The first-order valence-electron chi connectivity index (χ1n) is 25.2. The van der Waals surface area contributed by atoms with Crippen molar-refractivity contribution in [1.82, 2.24) is 0 Å². The van der Waals surface area contributed by atoms with Gasteiger partial charge in [0, 0.05) is 34.1 Å². The van der Waals surface area contributed by atoms with Gasteiger partial charge in [-0.25, -0.2) is 0 Å². The van der Waals surface area contributed by atoms with Crippen molar-refractivity contribution in [3.8, 4) is 0 Å². The third kappa shape index (κ3) is 6.46. The van der Waals surface area contributed by atoms with Gasteiger partial charge in [0.2, 0.25) is 0 Å². The largest absolute Gasteiger partial charge is 0.311 e. The molecule has 0 amide bonds. The van der Waals surface area contributed by atoms with Gasteiger partial charge >= 0.3 is 0 Å². The molecule has 2 nitrogen and oxygen atoms in total. The highest BCUT2D eigenvalue weighted by molar-refractivity contribution is 7.00. The van der Waals surface area contributed by atoms with Gasteiger partial charge in [-0.05, 0) is 191 Å². The summed E-state index contributed by atoms with van der Waals surface area (Å²) in [6, 6.07) is 28.6. The first-order chi connectivity index (χ1) is 29.8. The van der Waals surface area contributed by atoms with E-state index in [0.29, 0.717) is 0 Å². The lowest BCUT2D eigenvalue weighted by Gasteiger charge is -2.48. The number of aryl methyl sites for hydroxylation is 2. The monoisotopic (exact) mass is 863 g/mol. The minimum absolute atomic E-state index is 0.0121. The molecule has 0 unspecified atom stereocenters. The second kappa shape index (κ2) is 13.3. The van der Waals surface area contributed by atoms with Crippen molar-refractivity contribution in [2.75, 3.05) is 9.80 Å². The van der Waals surface area contributed by atoms with Crippen LogP contribution in [0.3, 0.4) is 0 Å². The molecule has 0 spiro atoms. The quantitative estimate of drug-likeness (QED) is 0.160. The Hall–Kier alpha value is -4.24. The Labute approximate surface area is 395 Å². The number of hydrogen-bond donors (Lipinski definition) is 0. The zero-order chi connectivity index (χ0) is 47.3.